The third-order valence-corrected chi connectivity index (χ3v) is 4.81. The Bertz CT molecular complexity index is 881. The van der Waals surface area contributed by atoms with E-state index in [1.54, 1.807) is 0 Å². The van der Waals surface area contributed by atoms with Crippen LogP contribution in [-0.2, 0) is 6.42 Å². The summed E-state index contributed by atoms with van der Waals surface area (Å²) >= 11 is 0. The van der Waals surface area contributed by atoms with Gasteiger partial charge in [-0.3, -0.25) is 4.79 Å². The lowest BCUT2D eigenvalue weighted by Crippen LogP contribution is -2.26. The standard InChI is InChI=1S/C21H24N2O.H2/c1-5-16-6-8-17(9-7-16)15(4)23-21(24)18-10-11-20-19(12-18)13(2)14(3)22-20;/h6-12,15,22H,5H2,1-4H3,(H,23,24);1H/t15-;/m0./s1. The van der Waals surface area contributed by atoms with Gasteiger partial charge in [0.25, 0.3) is 5.91 Å². The Labute approximate surface area is 144 Å². The number of rotatable bonds is 4. The van der Waals surface area contributed by atoms with Crippen molar-refractivity contribution in [2.45, 2.75) is 40.2 Å². The number of hydrogen-bond donors (Lipinski definition) is 2. The molecular weight excluding hydrogens is 296 g/mol. The van der Waals surface area contributed by atoms with Crippen LogP contribution in [0.1, 0.15) is 54.1 Å². The highest BCUT2D eigenvalue weighted by Crippen LogP contribution is 2.23. The summed E-state index contributed by atoms with van der Waals surface area (Å²) in [4.78, 5) is 15.9. The first-order valence-electron chi connectivity index (χ1n) is 8.48. The van der Waals surface area contributed by atoms with Crippen LogP contribution in [-0.4, -0.2) is 10.9 Å². The number of aromatic amines is 1. The highest BCUT2D eigenvalue weighted by molar-refractivity contribution is 5.99. The van der Waals surface area contributed by atoms with Crippen LogP contribution in [0, 0.1) is 13.8 Å². The number of nitrogens with one attached hydrogen (secondary N) is 2. The van der Waals surface area contributed by atoms with Crippen molar-refractivity contribution in [3.05, 3.63) is 70.4 Å². The van der Waals surface area contributed by atoms with Crippen molar-refractivity contribution in [3.8, 4) is 0 Å². The molecule has 0 aliphatic carbocycles. The lowest BCUT2D eigenvalue weighted by molar-refractivity contribution is 0.0940. The summed E-state index contributed by atoms with van der Waals surface area (Å²) in [7, 11) is 0. The number of benzene rings is 2. The number of amides is 1. The van der Waals surface area contributed by atoms with E-state index in [9.17, 15) is 4.79 Å². The maximum absolute atomic E-state index is 12.6. The van der Waals surface area contributed by atoms with E-state index in [1.165, 1.54) is 11.1 Å². The molecule has 3 heteroatoms. The fraction of sp³-hybridized carbons (Fsp3) is 0.286. The van der Waals surface area contributed by atoms with E-state index >= 15 is 0 Å². The van der Waals surface area contributed by atoms with Gasteiger partial charge in [-0.15, -0.1) is 0 Å². The molecule has 0 saturated carbocycles. The molecule has 0 saturated heterocycles. The van der Waals surface area contributed by atoms with Gasteiger partial charge in [0, 0.05) is 23.6 Å². The lowest BCUT2D eigenvalue weighted by Gasteiger charge is -2.15. The minimum absolute atomic E-state index is 0. The summed E-state index contributed by atoms with van der Waals surface area (Å²) in [6.45, 7) is 8.29. The number of carbonyl (C=O) groups is 1. The van der Waals surface area contributed by atoms with Gasteiger partial charge in [0.2, 0.25) is 0 Å². The second-order valence-electron chi connectivity index (χ2n) is 6.43. The molecule has 0 aliphatic rings. The average molecular weight is 322 g/mol. The van der Waals surface area contributed by atoms with Crippen LogP contribution in [0.5, 0.6) is 0 Å². The minimum atomic E-state index is -0.0396. The third-order valence-electron chi connectivity index (χ3n) is 4.81. The number of carbonyl (C=O) groups excluding carboxylic acids is 1. The molecule has 0 fully saturated rings. The fourth-order valence-electron chi connectivity index (χ4n) is 3.01. The zero-order chi connectivity index (χ0) is 17.3. The molecule has 2 aromatic carbocycles. The van der Waals surface area contributed by atoms with Crippen LogP contribution < -0.4 is 5.32 Å². The Hall–Kier alpha value is -2.55. The SMILES string of the molecule is CCc1ccc([C@H](C)NC(=O)c2ccc3[nH]c(C)c(C)c3c2)cc1.[HH]. The van der Waals surface area contributed by atoms with Crippen LogP contribution in [0.3, 0.4) is 0 Å². The predicted molar refractivity (Wildman–Crippen MR) is 102 cm³/mol. The first-order valence-corrected chi connectivity index (χ1v) is 8.48. The maximum Gasteiger partial charge on any atom is 0.251 e. The molecule has 1 atom stereocenters. The Kier molecular flexibility index (Phi) is 4.43. The smallest absolute Gasteiger partial charge is 0.251 e. The summed E-state index contributed by atoms with van der Waals surface area (Å²) < 4.78 is 0. The lowest BCUT2D eigenvalue weighted by atomic mass is 10.0. The molecule has 1 heterocycles. The van der Waals surface area contributed by atoms with E-state index in [0.717, 1.165) is 28.6 Å². The van der Waals surface area contributed by atoms with Crippen molar-refractivity contribution in [1.82, 2.24) is 10.3 Å². The molecule has 0 bridgehead atoms. The summed E-state index contributed by atoms with van der Waals surface area (Å²) in [5.74, 6) is -0.0396. The van der Waals surface area contributed by atoms with Crippen molar-refractivity contribution in [2.24, 2.45) is 0 Å². The normalized spacial score (nSPS) is 12.3. The summed E-state index contributed by atoms with van der Waals surface area (Å²) in [6.07, 6.45) is 1.02. The molecule has 1 aromatic heterocycles. The number of hydrogen-bond acceptors (Lipinski definition) is 1. The Morgan fingerprint density at radius 1 is 1.17 bits per heavy atom. The van der Waals surface area contributed by atoms with Crippen LogP contribution in [0.4, 0.5) is 0 Å². The number of aryl methyl sites for hydroxylation is 3. The van der Waals surface area contributed by atoms with Gasteiger partial charge in [-0.1, -0.05) is 31.2 Å². The molecule has 0 unspecified atom stereocenters. The molecule has 3 aromatic rings. The van der Waals surface area contributed by atoms with Crippen LogP contribution in [0.15, 0.2) is 42.5 Å². The molecule has 0 aliphatic heterocycles. The second kappa shape index (κ2) is 6.52. The van der Waals surface area contributed by atoms with Gasteiger partial charge in [0.05, 0.1) is 6.04 Å². The minimum Gasteiger partial charge on any atom is -0.358 e. The van der Waals surface area contributed by atoms with E-state index < -0.39 is 0 Å². The van der Waals surface area contributed by atoms with Crippen molar-refractivity contribution in [3.63, 3.8) is 0 Å². The third kappa shape index (κ3) is 3.07. The van der Waals surface area contributed by atoms with Crippen molar-refractivity contribution in [2.75, 3.05) is 0 Å². The van der Waals surface area contributed by atoms with Crippen LogP contribution in [0.2, 0.25) is 0 Å². The maximum atomic E-state index is 12.6. The molecule has 0 spiro atoms. The second-order valence-corrected chi connectivity index (χ2v) is 6.43. The van der Waals surface area contributed by atoms with Gasteiger partial charge in [0.1, 0.15) is 0 Å². The van der Waals surface area contributed by atoms with Crippen molar-refractivity contribution < 1.29 is 6.22 Å². The molecule has 2 N–H and O–H groups in total. The fourth-order valence-corrected chi connectivity index (χ4v) is 3.01. The Morgan fingerprint density at radius 3 is 2.54 bits per heavy atom. The van der Waals surface area contributed by atoms with Crippen molar-refractivity contribution in [1.29, 1.82) is 0 Å². The molecule has 126 valence electrons. The van der Waals surface area contributed by atoms with Crippen LogP contribution >= 0.6 is 0 Å². The van der Waals surface area contributed by atoms with Gasteiger partial charge >= 0.3 is 0 Å². The first-order chi connectivity index (χ1) is 11.5. The van der Waals surface area contributed by atoms with Gasteiger partial charge < -0.3 is 10.3 Å². The Balaban J connectivity index is 0.00000225. The molecule has 24 heavy (non-hydrogen) atoms. The van der Waals surface area contributed by atoms with E-state index in [0.29, 0.717) is 5.56 Å². The monoisotopic (exact) mass is 322 g/mol. The zero-order valence-electron chi connectivity index (χ0n) is 14.7. The molecule has 3 rings (SSSR count). The highest BCUT2D eigenvalue weighted by Gasteiger charge is 2.13. The molecule has 3 nitrogen and oxygen atoms in total. The van der Waals surface area contributed by atoms with Gasteiger partial charge in [-0.05, 0) is 62.1 Å². The summed E-state index contributed by atoms with van der Waals surface area (Å²) in [5.41, 5.74) is 6.54. The van der Waals surface area contributed by atoms with Gasteiger partial charge in [0.15, 0.2) is 0 Å². The van der Waals surface area contributed by atoms with E-state index in [2.05, 4.69) is 55.3 Å². The quantitative estimate of drug-likeness (QED) is 0.691. The average Bonchev–Trinajstić information content (AvgIpc) is 2.88. The summed E-state index contributed by atoms with van der Waals surface area (Å²) in [6, 6.07) is 14.2. The predicted octanol–water partition coefficient (Wildman–Crippen LogP) is 5.08. The van der Waals surface area contributed by atoms with Crippen molar-refractivity contribution >= 4 is 16.8 Å². The largest absolute Gasteiger partial charge is 0.358 e. The first kappa shape index (κ1) is 16.3. The molecule has 1 amide bonds. The van der Waals surface area contributed by atoms with Gasteiger partial charge in [-0.2, -0.15) is 0 Å². The topological polar surface area (TPSA) is 44.9 Å². The zero-order valence-corrected chi connectivity index (χ0v) is 14.7. The summed E-state index contributed by atoms with van der Waals surface area (Å²) in [5, 5.41) is 4.20. The number of fused-ring (bicyclic) bond motifs is 1. The van der Waals surface area contributed by atoms with Gasteiger partial charge in [-0.25, -0.2) is 0 Å². The molecular formula is C21H26N2O. The van der Waals surface area contributed by atoms with Crippen LogP contribution in [0.25, 0.3) is 10.9 Å². The number of aromatic nitrogens is 1. The Morgan fingerprint density at radius 2 is 1.88 bits per heavy atom. The number of H-pyrrole nitrogens is 1. The van der Waals surface area contributed by atoms with E-state index in [1.807, 2.05) is 25.1 Å². The molecule has 0 radical (unpaired) electrons. The highest BCUT2D eigenvalue weighted by atomic mass is 16.1. The van der Waals surface area contributed by atoms with E-state index in [-0.39, 0.29) is 13.4 Å². The van der Waals surface area contributed by atoms with E-state index in [4.69, 9.17) is 0 Å².